The number of aliphatic hydroxyl groups is 1. The highest BCUT2D eigenvalue weighted by atomic mass is 79.9. The predicted octanol–water partition coefficient (Wildman–Crippen LogP) is 3.67. The molecule has 0 radical (unpaired) electrons. The fraction of sp³-hybridized carbons (Fsp3) is 0.250. The summed E-state index contributed by atoms with van der Waals surface area (Å²) in [5, 5.41) is 10.6. The van der Waals surface area contributed by atoms with Crippen molar-refractivity contribution in [3.8, 4) is 11.5 Å². The van der Waals surface area contributed by atoms with Crippen LogP contribution < -0.4 is 9.47 Å². The molecule has 0 bridgehead atoms. The van der Waals surface area contributed by atoms with Crippen LogP contribution in [0.1, 0.15) is 23.1 Å². The number of fused-ring (bicyclic) bond motifs is 1. The van der Waals surface area contributed by atoms with Gasteiger partial charge in [-0.05, 0) is 39.7 Å². The minimum atomic E-state index is -0.596. The molecule has 2 aromatic carbocycles. The molecule has 0 saturated carbocycles. The van der Waals surface area contributed by atoms with Gasteiger partial charge in [-0.25, -0.2) is 0 Å². The number of ether oxygens (including phenoxy) is 2. The average molecular weight is 335 g/mol. The Hall–Kier alpha value is -1.52. The fourth-order valence-electron chi connectivity index (χ4n) is 2.55. The SMILES string of the molecule is COc1ccc(C(O)C2COc3ccccc32)cc1Br. The highest BCUT2D eigenvalue weighted by Crippen LogP contribution is 2.42. The average Bonchev–Trinajstić information content (AvgIpc) is 2.90. The topological polar surface area (TPSA) is 38.7 Å². The maximum Gasteiger partial charge on any atom is 0.133 e. The zero-order valence-corrected chi connectivity index (χ0v) is 12.6. The molecule has 0 saturated heterocycles. The van der Waals surface area contributed by atoms with Gasteiger partial charge in [0, 0.05) is 5.56 Å². The van der Waals surface area contributed by atoms with Crippen LogP contribution in [0.4, 0.5) is 0 Å². The molecule has 0 spiro atoms. The van der Waals surface area contributed by atoms with Gasteiger partial charge in [0.15, 0.2) is 0 Å². The van der Waals surface area contributed by atoms with Crippen molar-refractivity contribution in [2.24, 2.45) is 0 Å². The summed E-state index contributed by atoms with van der Waals surface area (Å²) in [5.74, 6) is 1.58. The first-order valence-corrected chi connectivity index (χ1v) is 7.23. The monoisotopic (exact) mass is 334 g/mol. The van der Waals surface area contributed by atoms with Gasteiger partial charge in [-0.3, -0.25) is 0 Å². The molecule has 1 aliphatic heterocycles. The van der Waals surface area contributed by atoms with Gasteiger partial charge in [-0.15, -0.1) is 0 Å². The molecule has 0 aliphatic carbocycles. The number of rotatable bonds is 3. The van der Waals surface area contributed by atoms with E-state index in [2.05, 4.69) is 15.9 Å². The Morgan fingerprint density at radius 3 is 2.85 bits per heavy atom. The zero-order chi connectivity index (χ0) is 14.1. The zero-order valence-electron chi connectivity index (χ0n) is 11.0. The van der Waals surface area contributed by atoms with E-state index in [4.69, 9.17) is 9.47 Å². The van der Waals surface area contributed by atoms with Crippen molar-refractivity contribution in [3.63, 3.8) is 0 Å². The summed E-state index contributed by atoms with van der Waals surface area (Å²) in [5.41, 5.74) is 1.91. The van der Waals surface area contributed by atoms with Gasteiger partial charge in [-0.2, -0.15) is 0 Å². The van der Waals surface area contributed by atoms with Crippen molar-refractivity contribution < 1.29 is 14.6 Å². The highest BCUT2D eigenvalue weighted by molar-refractivity contribution is 9.10. The van der Waals surface area contributed by atoms with E-state index >= 15 is 0 Å². The molecule has 20 heavy (non-hydrogen) atoms. The third-order valence-corrected chi connectivity index (χ3v) is 4.26. The lowest BCUT2D eigenvalue weighted by Crippen LogP contribution is -2.12. The number of aliphatic hydroxyl groups excluding tert-OH is 1. The smallest absolute Gasteiger partial charge is 0.133 e. The van der Waals surface area contributed by atoms with E-state index in [1.165, 1.54) is 0 Å². The van der Waals surface area contributed by atoms with Gasteiger partial charge in [-0.1, -0.05) is 24.3 Å². The molecule has 2 atom stereocenters. The van der Waals surface area contributed by atoms with Crippen molar-refractivity contribution in [2.45, 2.75) is 12.0 Å². The summed E-state index contributed by atoms with van der Waals surface area (Å²) < 4.78 is 11.7. The Bertz CT molecular complexity index is 627. The van der Waals surface area contributed by atoms with Gasteiger partial charge < -0.3 is 14.6 Å². The second kappa shape index (κ2) is 5.46. The van der Waals surface area contributed by atoms with Crippen LogP contribution in [-0.4, -0.2) is 18.8 Å². The predicted molar refractivity (Wildman–Crippen MR) is 80.3 cm³/mol. The molecule has 1 N–H and O–H groups in total. The van der Waals surface area contributed by atoms with Gasteiger partial charge >= 0.3 is 0 Å². The number of para-hydroxylation sites is 1. The lowest BCUT2D eigenvalue weighted by molar-refractivity contribution is 0.130. The molecule has 4 heteroatoms. The van der Waals surface area contributed by atoms with E-state index in [9.17, 15) is 5.11 Å². The summed E-state index contributed by atoms with van der Waals surface area (Å²) in [6.45, 7) is 0.504. The Morgan fingerprint density at radius 2 is 2.10 bits per heavy atom. The molecule has 3 nitrogen and oxygen atoms in total. The summed E-state index contributed by atoms with van der Waals surface area (Å²) in [7, 11) is 1.62. The third kappa shape index (κ3) is 2.30. The number of halogens is 1. The Kier molecular flexibility index (Phi) is 3.68. The molecule has 0 fully saturated rings. The molecule has 1 heterocycles. The molecule has 2 unspecified atom stereocenters. The first-order valence-electron chi connectivity index (χ1n) is 6.44. The van der Waals surface area contributed by atoms with E-state index in [0.29, 0.717) is 6.61 Å². The summed E-state index contributed by atoms with van der Waals surface area (Å²) >= 11 is 3.45. The van der Waals surface area contributed by atoms with Crippen molar-refractivity contribution in [3.05, 3.63) is 58.1 Å². The van der Waals surface area contributed by atoms with E-state index in [-0.39, 0.29) is 5.92 Å². The third-order valence-electron chi connectivity index (χ3n) is 3.64. The minimum absolute atomic E-state index is 0.0357. The first-order chi connectivity index (χ1) is 9.70. The second-order valence-corrected chi connectivity index (χ2v) is 5.65. The van der Waals surface area contributed by atoms with Gasteiger partial charge in [0.1, 0.15) is 11.5 Å². The summed E-state index contributed by atoms with van der Waals surface area (Å²) in [6, 6.07) is 13.5. The quantitative estimate of drug-likeness (QED) is 0.930. The van der Waals surface area contributed by atoms with E-state index in [0.717, 1.165) is 27.1 Å². The fourth-order valence-corrected chi connectivity index (χ4v) is 3.11. The summed E-state index contributed by atoms with van der Waals surface area (Å²) in [6.07, 6.45) is -0.596. The number of methoxy groups -OCH3 is 1. The maximum absolute atomic E-state index is 10.6. The minimum Gasteiger partial charge on any atom is -0.496 e. The molecule has 1 aliphatic rings. The molecular formula is C16H15BrO3. The molecule has 0 aromatic heterocycles. The van der Waals surface area contributed by atoms with E-state index < -0.39 is 6.10 Å². The Labute approximate surface area is 126 Å². The number of hydrogen-bond acceptors (Lipinski definition) is 3. The molecule has 3 rings (SSSR count). The van der Waals surface area contributed by atoms with Crippen LogP contribution in [-0.2, 0) is 0 Å². The van der Waals surface area contributed by atoms with E-state index in [1.807, 2.05) is 42.5 Å². The van der Waals surface area contributed by atoms with Crippen LogP contribution in [0.5, 0.6) is 11.5 Å². The van der Waals surface area contributed by atoms with Crippen LogP contribution in [0.2, 0.25) is 0 Å². The van der Waals surface area contributed by atoms with Crippen LogP contribution in [0.3, 0.4) is 0 Å². The van der Waals surface area contributed by atoms with Crippen molar-refractivity contribution in [1.29, 1.82) is 0 Å². The molecule has 104 valence electrons. The highest BCUT2D eigenvalue weighted by Gasteiger charge is 2.31. The first kappa shape index (κ1) is 13.5. The largest absolute Gasteiger partial charge is 0.496 e. The van der Waals surface area contributed by atoms with Crippen LogP contribution >= 0.6 is 15.9 Å². The van der Waals surface area contributed by atoms with Crippen molar-refractivity contribution in [1.82, 2.24) is 0 Å². The van der Waals surface area contributed by atoms with Crippen LogP contribution in [0.15, 0.2) is 46.9 Å². The lowest BCUT2D eigenvalue weighted by atomic mass is 9.91. The molecule has 0 amide bonds. The van der Waals surface area contributed by atoms with Crippen LogP contribution in [0.25, 0.3) is 0 Å². The van der Waals surface area contributed by atoms with Crippen LogP contribution in [0, 0.1) is 0 Å². The molecular weight excluding hydrogens is 320 g/mol. The summed E-state index contributed by atoms with van der Waals surface area (Å²) in [4.78, 5) is 0. The molecule has 2 aromatic rings. The lowest BCUT2D eigenvalue weighted by Gasteiger charge is -2.18. The van der Waals surface area contributed by atoms with E-state index in [1.54, 1.807) is 7.11 Å². The second-order valence-electron chi connectivity index (χ2n) is 4.79. The van der Waals surface area contributed by atoms with Gasteiger partial charge in [0.2, 0.25) is 0 Å². The van der Waals surface area contributed by atoms with Gasteiger partial charge in [0.05, 0.1) is 30.2 Å². The Balaban J connectivity index is 1.90. The number of benzene rings is 2. The number of hydrogen-bond donors (Lipinski definition) is 1. The van der Waals surface area contributed by atoms with Crippen molar-refractivity contribution in [2.75, 3.05) is 13.7 Å². The normalized spacial score (nSPS) is 18.2. The standard InChI is InChI=1S/C16H15BrO3/c1-19-15-7-6-10(8-13(15)17)16(18)12-9-20-14-5-3-2-4-11(12)14/h2-8,12,16,18H,9H2,1H3. The Morgan fingerprint density at radius 1 is 1.30 bits per heavy atom. The van der Waals surface area contributed by atoms with Gasteiger partial charge in [0.25, 0.3) is 0 Å². The van der Waals surface area contributed by atoms with Crippen molar-refractivity contribution >= 4 is 15.9 Å². The maximum atomic E-state index is 10.6.